The maximum absolute atomic E-state index is 12.0. The van der Waals surface area contributed by atoms with E-state index in [1.807, 2.05) is 18.2 Å². The maximum atomic E-state index is 12.0. The van der Waals surface area contributed by atoms with Gasteiger partial charge in [-0.1, -0.05) is 49.6 Å². The van der Waals surface area contributed by atoms with Crippen LogP contribution in [0.5, 0.6) is 0 Å². The van der Waals surface area contributed by atoms with Gasteiger partial charge in [0.2, 0.25) is 0 Å². The van der Waals surface area contributed by atoms with E-state index in [4.69, 9.17) is 0 Å². The Morgan fingerprint density at radius 2 is 1.81 bits per heavy atom. The highest BCUT2D eigenvalue weighted by atomic mass is 32.2. The molecule has 2 rings (SSSR count). The van der Waals surface area contributed by atoms with Gasteiger partial charge in [-0.05, 0) is 18.4 Å². The fourth-order valence-electron chi connectivity index (χ4n) is 2.15. The molecule has 1 aromatic rings. The third-order valence-corrected chi connectivity index (χ3v) is 4.62. The molecule has 1 aliphatic carbocycles. The number of hydrogen-bond donors (Lipinski definition) is 1. The molecule has 0 radical (unpaired) electrons. The lowest BCUT2D eigenvalue weighted by molar-refractivity contribution is 0.501. The first-order valence-corrected chi connectivity index (χ1v) is 7.25. The first kappa shape index (κ1) is 11.8. The van der Waals surface area contributed by atoms with E-state index in [1.165, 1.54) is 24.8 Å². The van der Waals surface area contributed by atoms with Gasteiger partial charge in [-0.2, -0.15) is 0 Å². The van der Waals surface area contributed by atoms with Crippen molar-refractivity contribution in [2.24, 2.45) is 0 Å². The quantitative estimate of drug-likeness (QED) is 0.857. The Hall–Kier alpha value is -0.670. The molecule has 1 aromatic carbocycles. The molecular formula is C13H19NOS. The van der Waals surface area contributed by atoms with E-state index < -0.39 is 11.0 Å². The number of nitrogens with one attached hydrogen (secondary N) is 1. The molecule has 0 saturated heterocycles. The molecular weight excluding hydrogens is 218 g/mol. The zero-order valence-electron chi connectivity index (χ0n) is 9.52. The molecule has 88 valence electrons. The molecule has 16 heavy (non-hydrogen) atoms. The highest BCUT2D eigenvalue weighted by molar-refractivity contribution is 7.83. The van der Waals surface area contributed by atoms with Crippen molar-refractivity contribution in [3.05, 3.63) is 35.9 Å². The van der Waals surface area contributed by atoms with Crippen LogP contribution in [0.15, 0.2) is 30.3 Å². The molecule has 0 amide bonds. The van der Waals surface area contributed by atoms with Crippen molar-refractivity contribution in [1.82, 2.24) is 4.72 Å². The van der Waals surface area contributed by atoms with Crippen LogP contribution in [-0.2, 0) is 17.5 Å². The van der Waals surface area contributed by atoms with E-state index in [9.17, 15) is 4.21 Å². The Balaban J connectivity index is 1.79. The summed E-state index contributed by atoms with van der Waals surface area (Å²) in [5.41, 5.74) is 1.20. The first-order chi connectivity index (χ1) is 7.86. The lowest BCUT2D eigenvalue weighted by atomic mass is 10.0. The third kappa shape index (κ3) is 3.42. The van der Waals surface area contributed by atoms with Crippen LogP contribution in [0.1, 0.15) is 37.7 Å². The standard InChI is InChI=1S/C13H19NOS/c15-16(13-9-5-2-6-10-13)14-11-12-7-3-1-4-8-12/h1,3-4,7-8,13-14H,2,5-6,9-11H2. The van der Waals surface area contributed by atoms with Gasteiger partial charge >= 0.3 is 0 Å². The fraction of sp³-hybridized carbons (Fsp3) is 0.538. The summed E-state index contributed by atoms with van der Waals surface area (Å²) < 4.78 is 15.1. The van der Waals surface area contributed by atoms with Gasteiger partial charge in [-0.15, -0.1) is 0 Å². The minimum atomic E-state index is -0.857. The second kappa shape index (κ2) is 6.16. The Morgan fingerprint density at radius 1 is 1.12 bits per heavy atom. The van der Waals surface area contributed by atoms with Crippen molar-refractivity contribution < 1.29 is 4.21 Å². The lowest BCUT2D eigenvalue weighted by Crippen LogP contribution is -2.29. The minimum Gasteiger partial charge on any atom is -0.243 e. The average molecular weight is 237 g/mol. The summed E-state index contributed by atoms with van der Waals surface area (Å²) in [5.74, 6) is 0. The fourth-order valence-corrected chi connectivity index (χ4v) is 3.45. The normalized spacial score (nSPS) is 19.5. The summed E-state index contributed by atoms with van der Waals surface area (Å²) in [7, 11) is -0.857. The molecule has 0 heterocycles. The van der Waals surface area contributed by atoms with Gasteiger partial charge in [-0.25, -0.2) is 8.93 Å². The van der Waals surface area contributed by atoms with E-state index in [-0.39, 0.29) is 0 Å². The Kier molecular flexibility index (Phi) is 4.55. The Labute approximate surface area is 100 Å². The van der Waals surface area contributed by atoms with Crippen LogP contribution in [0, 0.1) is 0 Å². The molecule has 0 aliphatic heterocycles. The van der Waals surface area contributed by atoms with Crippen molar-refractivity contribution in [3.63, 3.8) is 0 Å². The van der Waals surface area contributed by atoms with Crippen molar-refractivity contribution in [1.29, 1.82) is 0 Å². The second-order valence-electron chi connectivity index (χ2n) is 4.36. The van der Waals surface area contributed by atoms with E-state index in [0.717, 1.165) is 12.8 Å². The zero-order chi connectivity index (χ0) is 11.2. The molecule has 2 nitrogen and oxygen atoms in total. The smallest absolute Gasteiger partial charge is 0.0950 e. The number of rotatable bonds is 4. The van der Waals surface area contributed by atoms with Crippen molar-refractivity contribution in [2.45, 2.75) is 43.9 Å². The molecule has 0 aromatic heterocycles. The topological polar surface area (TPSA) is 29.1 Å². The SMILES string of the molecule is O=S(NCc1ccccc1)C1CCCCC1. The molecule has 3 heteroatoms. The minimum absolute atomic E-state index is 0.373. The highest BCUT2D eigenvalue weighted by Crippen LogP contribution is 2.21. The van der Waals surface area contributed by atoms with Gasteiger partial charge in [0.15, 0.2) is 0 Å². The molecule has 1 atom stereocenters. The monoisotopic (exact) mass is 237 g/mol. The van der Waals surface area contributed by atoms with E-state index >= 15 is 0 Å². The van der Waals surface area contributed by atoms with Gasteiger partial charge in [0.1, 0.15) is 0 Å². The molecule has 1 aliphatic rings. The van der Waals surface area contributed by atoms with Gasteiger partial charge in [0, 0.05) is 11.8 Å². The first-order valence-electron chi connectivity index (χ1n) is 6.04. The maximum Gasteiger partial charge on any atom is 0.0950 e. The van der Waals surface area contributed by atoms with Crippen LogP contribution < -0.4 is 4.72 Å². The van der Waals surface area contributed by atoms with Gasteiger partial charge < -0.3 is 0 Å². The van der Waals surface area contributed by atoms with E-state index in [0.29, 0.717) is 11.8 Å². The van der Waals surface area contributed by atoms with E-state index in [1.54, 1.807) is 0 Å². The summed E-state index contributed by atoms with van der Waals surface area (Å²) >= 11 is 0. The van der Waals surface area contributed by atoms with Crippen LogP contribution in [0.4, 0.5) is 0 Å². The van der Waals surface area contributed by atoms with Crippen LogP contribution in [0.3, 0.4) is 0 Å². The van der Waals surface area contributed by atoms with Crippen LogP contribution >= 0.6 is 0 Å². The average Bonchev–Trinajstić information content (AvgIpc) is 2.38. The van der Waals surface area contributed by atoms with Gasteiger partial charge in [0.05, 0.1) is 11.0 Å². The predicted molar refractivity (Wildman–Crippen MR) is 68.3 cm³/mol. The Morgan fingerprint density at radius 3 is 2.50 bits per heavy atom. The molecule has 1 unspecified atom stereocenters. The van der Waals surface area contributed by atoms with Crippen molar-refractivity contribution in [2.75, 3.05) is 0 Å². The number of hydrogen-bond acceptors (Lipinski definition) is 1. The largest absolute Gasteiger partial charge is 0.243 e. The van der Waals surface area contributed by atoms with Crippen molar-refractivity contribution >= 4 is 11.0 Å². The Bertz CT molecular complexity index is 333. The molecule has 0 spiro atoms. The molecule has 0 bridgehead atoms. The second-order valence-corrected chi connectivity index (χ2v) is 5.91. The van der Waals surface area contributed by atoms with Crippen molar-refractivity contribution in [3.8, 4) is 0 Å². The summed E-state index contributed by atoms with van der Waals surface area (Å²) in [6, 6.07) is 10.2. The number of benzene rings is 1. The molecule has 1 N–H and O–H groups in total. The summed E-state index contributed by atoms with van der Waals surface area (Å²) in [5, 5.41) is 0.373. The summed E-state index contributed by atoms with van der Waals surface area (Å²) in [6.45, 7) is 0.712. The van der Waals surface area contributed by atoms with Crippen LogP contribution in [-0.4, -0.2) is 9.46 Å². The lowest BCUT2D eigenvalue weighted by Gasteiger charge is -2.21. The summed E-state index contributed by atoms with van der Waals surface area (Å²) in [4.78, 5) is 0. The van der Waals surface area contributed by atoms with E-state index in [2.05, 4.69) is 16.9 Å². The zero-order valence-corrected chi connectivity index (χ0v) is 10.3. The molecule has 1 saturated carbocycles. The van der Waals surface area contributed by atoms with Gasteiger partial charge in [0.25, 0.3) is 0 Å². The summed E-state index contributed by atoms with van der Waals surface area (Å²) in [6.07, 6.45) is 6.03. The van der Waals surface area contributed by atoms with Crippen LogP contribution in [0.25, 0.3) is 0 Å². The third-order valence-electron chi connectivity index (χ3n) is 3.12. The highest BCUT2D eigenvalue weighted by Gasteiger charge is 2.19. The predicted octanol–water partition coefficient (Wildman–Crippen LogP) is 2.77. The molecule has 1 fully saturated rings. The van der Waals surface area contributed by atoms with Crippen LogP contribution in [0.2, 0.25) is 0 Å². The van der Waals surface area contributed by atoms with Gasteiger partial charge in [-0.3, -0.25) is 0 Å².